The second kappa shape index (κ2) is 8.87. The van der Waals surface area contributed by atoms with E-state index in [2.05, 4.69) is 5.32 Å². The molecule has 0 aliphatic carbocycles. The average Bonchev–Trinajstić information content (AvgIpc) is 2.63. The highest BCUT2D eigenvalue weighted by molar-refractivity contribution is 5.96. The number of hydrogen-bond donors (Lipinski definition) is 1. The Labute approximate surface area is 148 Å². The molecule has 1 unspecified atom stereocenters. The van der Waals surface area contributed by atoms with Crippen LogP contribution in [-0.2, 0) is 4.79 Å². The van der Waals surface area contributed by atoms with E-state index in [1.807, 2.05) is 13.8 Å². The number of anilines is 1. The van der Waals surface area contributed by atoms with Gasteiger partial charge in [0.2, 0.25) is 0 Å². The minimum atomic E-state index is -0.667. The molecule has 1 atom stereocenters. The van der Waals surface area contributed by atoms with Crippen LogP contribution in [0.25, 0.3) is 0 Å². The molecule has 0 aromatic heterocycles. The summed E-state index contributed by atoms with van der Waals surface area (Å²) in [5, 5.41) is 2.80. The number of carbonyl (C=O) groups excluding carboxylic acids is 2. The van der Waals surface area contributed by atoms with Crippen molar-refractivity contribution in [2.24, 2.45) is 0 Å². The van der Waals surface area contributed by atoms with Crippen molar-refractivity contribution in [2.45, 2.75) is 33.3 Å². The van der Waals surface area contributed by atoms with Crippen LogP contribution in [0.3, 0.4) is 0 Å². The Morgan fingerprint density at radius 2 is 1.56 bits per heavy atom. The van der Waals surface area contributed by atoms with Gasteiger partial charge < -0.3 is 14.8 Å². The number of benzene rings is 2. The maximum atomic E-state index is 12.2. The lowest BCUT2D eigenvalue weighted by atomic mass is 10.1. The average molecular weight is 341 g/mol. The van der Waals surface area contributed by atoms with Gasteiger partial charge in [0, 0.05) is 17.7 Å². The first-order chi connectivity index (χ1) is 12.0. The van der Waals surface area contributed by atoms with Crippen LogP contribution in [0.15, 0.2) is 48.5 Å². The third-order valence-electron chi connectivity index (χ3n) is 3.61. The molecule has 5 nitrogen and oxygen atoms in total. The summed E-state index contributed by atoms with van der Waals surface area (Å²) in [7, 11) is 0. The number of hydrogen-bond acceptors (Lipinski definition) is 4. The van der Waals surface area contributed by atoms with Gasteiger partial charge in [-0.05, 0) is 62.4 Å². The molecule has 2 rings (SSSR count). The van der Waals surface area contributed by atoms with Crippen molar-refractivity contribution in [1.82, 2.24) is 0 Å². The monoisotopic (exact) mass is 341 g/mol. The topological polar surface area (TPSA) is 64.6 Å². The second-order valence-electron chi connectivity index (χ2n) is 5.51. The molecule has 2 aromatic rings. The van der Waals surface area contributed by atoms with Gasteiger partial charge in [0.15, 0.2) is 11.9 Å². The Hall–Kier alpha value is -2.82. The standard InChI is InChI=1S/C20H23NO4/c1-4-19(22)15-6-10-18(11-7-15)25-14(3)20(23)21-16-8-12-17(13-9-16)24-5-2/h6-14H,4-5H2,1-3H3,(H,21,23). The van der Waals surface area contributed by atoms with Crippen molar-refractivity contribution in [3.63, 3.8) is 0 Å². The van der Waals surface area contributed by atoms with Crippen molar-refractivity contribution in [1.29, 1.82) is 0 Å². The molecule has 0 aliphatic rings. The van der Waals surface area contributed by atoms with Crippen LogP contribution in [0.4, 0.5) is 5.69 Å². The minimum absolute atomic E-state index is 0.0767. The van der Waals surface area contributed by atoms with Gasteiger partial charge in [0.05, 0.1) is 6.61 Å². The van der Waals surface area contributed by atoms with E-state index in [1.165, 1.54) is 0 Å². The highest BCUT2D eigenvalue weighted by Gasteiger charge is 2.15. The van der Waals surface area contributed by atoms with Crippen LogP contribution < -0.4 is 14.8 Å². The van der Waals surface area contributed by atoms with Crippen molar-refractivity contribution >= 4 is 17.4 Å². The molecule has 0 radical (unpaired) electrons. The highest BCUT2D eigenvalue weighted by atomic mass is 16.5. The number of amides is 1. The smallest absolute Gasteiger partial charge is 0.265 e. The van der Waals surface area contributed by atoms with Crippen LogP contribution in [0.1, 0.15) is 37.6 Å². The normalized spacial score (nSPS) is 11.5. The van der Waals surface area contributed by atoms with Crippen LogP contribution in [-0.4, -0.2) is 24.4 Å². The van der Waals surface area contributed by atoms with Gasteiger partial charge in [-0.15, -0.1) is 0 Å². The fourth-order valence-electron chi connectivity index (χ4n) is 2.23. The number of carbonyl (C=O) groups is 2. The van der Waals surface area contributed by atoms with Gasteiger partial charge >= 0.3 is 0 Å². The van der Waals surface area contributed by atoms with E-state index in [-0.39, 0.29) is 11.7 Å². The summed E-state index contributed by atoms with van der Waals surface area (Å²) in [6, 6.07) is 14.0. The van der Waals surface area contributed by atoms with E-state index in [9.17, 15) is 9.59 Å². The molecule has 0 saturated heterocycles. The van der Waals surface area contributed by atoms with Crippen LogP contribution >= 0.6 is 0 Å². The third kappa shape index (κ3) is 5.35. The first-order valence-corrected chi connectivity index (χ1v) is 8.37. The fourth-order valence-corrected chi connectivity index (χ4v) is 2.23. The molecule has 25 heavy (non-hydrogen) atoms. The zero-order valence-corrected chi connectivity index (χ0v) is 14.7. The van der Waals surface area contributed by atoms with E-state index >= 15 is 0 Å². The Bertz CT molecular complexity index is 707. The molecule has 132 valence electrons. The van der Waals surface area contributed by atoms with Gasteiger partial charge in [-0.2, -0.15) is 0 Å². The molecule has 0 saturated carbocycles. The molecule has 0 aliphatic heterocycles. The summed E-state index contributed by atoms with van der Waals surface area (Å²) in [6.45, 7) is 6.01. The van der Waals surface area contributed by atoms with Crippen LogP contribution in [0.2, 0.25) is 0 Å². The van der Waals surface area contributed by atoms with Crippen LogP contribution in [0.5, 0.6) is 11.5 Å². The lowest BCUT2D eigenvalue weighted by Crippen LogP contribution is -2.30. The summed E-state index contributed by atoms with van der Waals surface area (Å²) in [5.41, 5.74) is 1.31. The third-order valence-corrected chi connectivity index (χ3v) is 3.61. The Balaban J connectivity index is 1.92. The molecule has 0 bridgehead atoms. The predicted molar refractivity (Wildman–Crippen MR) is 97.4 cm³/mol. The van der Waals surface area contributed by atoms with Gasteiger partial charge in [0.25, 0.3) is 5.91 Å². The number of ketones is 1. The lowest BCUT2D eigenvalue weighted by molar-refractivity contribution is -0.122. The summed E-state index contributed by atoms with van der Waals surface area (Å²) >= 11 is 0. The number of ether oxygens (including phenoxy) is 2. The molecule has 0 fully saturated rings. The van der Waals surface area contributed by atoms with Gasteiger partial charge in [-0.1, -0.05) is 6.92 Å². The van der Waals surface area contributed by atoms with E-state index in [1.54, 1.807) is 55.5 Å². The summed E-state index contributed by atoms with van der Waals surface area (Å²) in [6.07, 6.45) is -0.208. The molecule has 5 heteroatoms. The molecular formula is C20H23NO4. The maximum Gasteiger partial charge on any atom is 0.265 e. The quantitative estimate of drug-likeness (QED) is 0.735. The largest absolute Gasteiger partial charge is 0.494 e. The maximum absolute atomic E-state index is 12.2. The molecule has 1 N–H and O–H groups in total. The van der Waals surface area contributed by atoms with Crippen LogP contribution in [0, 0.1) is 0 Å². The Morgan fingerprint density at radius 3 is 2.12 bits per heavy atom. The van der Waals surface area contributed by atoms with Crippen molar-refractivity contribution in [3.05, 3.63) is 54.1 Å². The van der Waals surface area contributed by atoms with Crippen molar-refractivity contribution in [2.75, 3.05) is 11.9 Å². The van der Waals surface area contributed by atoms with E-state index in [4.69, 9.17) is 9.47 Å². The second-order valence-corrected chi connectivity index (χ2v) is 5.51. The lowest BCUT2D eigenvalue weighted by Gasteiger charge is -2.15. The van der Waals surface area contributed by atoms with E-state index in [0.717, 1.165) is 5.75 Å². The number of rotatable bonds is 8. The molecule has 0 heterocycles. The Kier molecular flexibility index (Phi) is 6.57. The summed E-state index contributed by atoms with van der Waals surface area (Å²) in [4.78, 5) is 23.8. The minimum Gasteiger partial charge on any atom is -0.494 e. The number of nitrogens with one attached hydrogen (secondary N) is 1. The van der Waals surface area contributed by atoms with Gasteiger partial charge in [-0.25, -0.2) is 0 Å². The van der Waals surface area contributed by atoms with Crippen molar-refractivity contribution < 1.29 is 19.1 Å². The fraction of sp³-hybridized carbons (Fsp3) is 0.300. The first-order valence-electron chi connectivity index (χ1n) is 8.37. The number of Topliss-reactive ketones (excluding diaryl/α,β-unsaturated/α-hetero) is 1. The van der Waals surface area contributed by atoms with Crippen molar-refractivity contribution in [3.8, 4) is 11.5 Å². The molecule has 0 spiro atoms. The zero-order chi connectivity index (χ0) is 18.2. The Morgan fingerprint density at radius 1 is 0.960 bits per heavy atom. The molecular weight excluding hydrogens is 318 g/mol. The summed E-state index contributed by atoms with van der Waals surface area (Å²) < 4.78 is 11.0. The van der Waals surface area contributed by atoms with Gasteiger partial charge in [-0.3, -0.25) is 9.59 Å². The SMILES string of the molecule is CCOc1ccc(NC(=O)C(C)Oc2ccc(C(=O)CC)cc2)cc1. The van der Waals surface area contributed by atoms with E-state index < -0.39 is 6.10 Å². The highest BCUT2D eigenvalue weighted by Crippen LogP contribution is 2.18. The van der Waals surface area contributed by atoms with Gasteiger partial charge in [0.1, 0.15) is 11.5 Å². The predicted octanol–water partition coefficient (Wildman–Crippen LogP) is 4.08. The molecule has 2 aromatic carbocycles. The molecule has 1 amide bonds. The van der Waals surface area contributed by atoms with E-state index in [0.29, 0.717) is 30.0 Å². The zero-order valence-electron chi connectivity index (χ0n) is 14.7. The first kappa shape index (κ1) is 18.5. The summed E-state index contributed by atoms with van der Waals surface area (Å²) in [5.74, 6) is 1.12.